The molecular formula is C14H11BrF2O2. The lowest BCUT2D eigenvalue weighted by Crippen LogP contribution is -2.00. The zero-order valence-electron chi connectivity index (χ0n) is 10.1. The smallest absolute Gasteiger partial charge is 0.171 e. The fourth-order valence-corrected chi connectivity index (χ4v) is 1.91. The highest BCUT2D eigenvalue weighted by Gasteiger charge is 2.09. The van der Waals surface area contributed by atoms with Gasteiger partial charge >= 0.3 is 0 Å². The monoisotopic (exact) mass is 328 g/mol. The molecule has 100 valence electrons. The van der Waals surface area contributed by atoms with E-state index < -0.39 is 5.82 Å². The van der Waals surface area contributed by atoms with E-state index in [0.717, 1.165) is 0 Å². The Morgan fingerprint density at radius 2 is 1.95 bits per heavy atom. The lowest BCUT2D eigenvalue weighted by molar-refractivity contribution is 0.295. The van der Waals surface area contributed by atoms with E-state index in [2.05, 4.69) is 15.9 Å². The summed E-state index contributed by atoms with van der Waals surface area (Å²) in [6.07, 6.45) is 0. The van der Waals surface area contributed by atoms with Crippen molar-refractivity contribution >= 4 is 15.9 Å². The van der Waals surface area contributed by atoms with Gasteiger partial charge in [0.2, 0.25) is 0 Å². The molecule has 0 spiro atoms. The van der Waals surface area contributed by atoms with E-state index in [4.69, 9.17) is 9.47 Å². The van der Waals surface area contributed by atoms with Crippen LogP contribution in [0.5, 0.6) is 11.5 Å². The molecule has 0 N–H and O–H groups in total. The Kier molecular flexibility index (Phi) is 4.37. The Morgan fingerprint density at radius 3 is 2.63 bits per heavy atom. The van der Waals surface area contributed by atoms with E-state index >= 15 is 0 Å². The second-order valence-electron chi connectivity index (χ2n) is 3.80. The maximum Gasteiger partial charge on any atom is 0.171 e. The van der Waals surface area contributed by atoms with E-state index in [1.807, 2.05) is 0 Å². The van der Waals surface area contributed by atoms with Crippen molar-refractivity contribution in [3.05, 3.63) is 58.1 Å². The Hall–Kier alpha value is -1.62. The lowest BCUT2D eigenvalue weighted by Gasteiger charge is -2.09. The average Bonchev–Trinajstić information content (AvgIpc) is 2.41. The zero-order chi connectivity index (χ0) is 13.8. The molecule has 0 unspecified atom stereocenters. The van der Waals surface area contributed by atoms with E-state index in [-0.39, 0.29) is 18.2 Å². The van der Waals surface area contributed by atoms with Crippen molar-refractivity contribution in [2.75, 3.05) is 7.11 Å². The molecule has 2 aromatic rings. The summed E-state index contributed by atoms with van der Waals surface area (Å²) >= 11 is 3.06. The van der Waals surface area contributed by atoms with Crippen LogP contribution in [-0.2, 0) is 6.61 Å². The Morgan fingerprint density at radius 1 is 1.16 bits per heavy atom. The molecule has 5 heteroatoms. The number of hydrogen-bond donors (Lipinski definition) is 0. The van der Waals surface area contributed by atoms with Gasteiger partial charge < -0.3 is 9.47 Å². The highest BCUT2D eigenvalue weighted by atomic mass is 79.9. The van der Waals surface area contributed by atoms with Crippen LogP contribution in [0.25, 0.3) is 0 Å². The maximum atomic E-state index is 13.8. The van der Waals surface area contributed by atoms with Crippen molar-refractivity contribution in [2.24, 2.45) is 0 Å². The normalized spacial score (nSPS) is 10.3. The van der Waals surface area contributed by atoms with Gasteiger partial charge in [0.05, 0.1) is 11.6 Å². The van der Waals surface area contributed by atoms with E-state index in [1.54, 1.807) is 12.1 Å². The molecule has 0 heterocycles. The third-order valence-corrected chi connectivity index (χ3v) is 3.16. The van der Waals surface area contributed by atoms with Gasteiger partial charge in [-0.05, 0) is 40.2 Å². The Bertz CT molecular complexity index is 588. The van der Waals surface area contributed by atoms with Crippen molar-refractivity contribution in [1.29, 1.82) is 0 Å². The largest absolute Gasteiger partial charge is 0.494 e. The van der Waals surface area contributed by atoms with E-state index in [1.165, 1.54) is 31.4 Å². The molecule has 0 aromatic heterocycles. The first-order valence-corrected chi connectivity index (χ1v) is 6.30. The average molecular weight is 329 g/mol. The second-order valence-corrected chi connectivity index (χ2v) is 4.65. The predicted molar refractivity (Wildman–Crippen MR) is 71.4 cm³/mol. The Labute approximate surface area is 118 Å². The quantitative estimate of drug-likeness (QED) is 0.832. The molecule has 0 aliphatic rings. The van der Waals surface area contributed by atoms with Gasteiger partial charge in [-0.15, -0.1) is 0 Å². The van der Waals surface area contributed by atoms with Crippen molar-refractivity contribution in [3.63, 3.8) is 0 Å². The van der Waals surface area contributed by atoms with Gasteiger partial charge in [-0.3, -0.25) is 0 Å². The third-order valence-electron chi connectivity index (χ3n) is 2.55. The fraction of sp³-hybridized carbons (Fsp3) is 0.143. The van der Waals surface area contributed by atoms with Crippen molar-refractivity contribution in [3.8, 4) is 11.5 Å². The highest BCUT2D eigenvalue weighted by molar-refractivity contribution is 9.10. The first-order chi connectivity index (χ1) is 9.11. The zero-order valence-corrected chi connectivity index (χ0v) is 11.7. The second kappa shape index (κ2) is 6.02. The summed E-state index contributed by atoms with van der Waals surface area (Å²) in [7, 11) is 1.40. The minimum atomic E-state index is -0.453. The van der Waals surface area contributed by atoms with Crippen LogP contribution in [0.1, 0.15) is 5.56 Å². The third kappa shape index (κ3) is 3.23. The summed E-state index contributed by atoms with van der Waals surface area (Å²) in [5.74, 6) is -0.206. The van der Waals surface area contributed by atoms with Crippen LogP contribution in [-0.4, -0.2) is 7.11 Å². The summed E-state index contributed by atoms with van der Waals surface area (Å²) in [6.45, 7) is 0.0428. The van der Waals surface area contributed by atoms with Crippen molar-refractivity contribution in [1.82, 2.24) is 0 Å². The molecule has 0 saturated carbocycles. The topological polar surface area (TPSA) is 18.5 Å². The number of halogens is 3. The molecule has 2 nitrogen and oxygen atoms in total. The first-order valence-electron chi connectivity index (χ1n) is 5.51. The molecule has 0 aliphatic heterocycles. The summed E-state index contributed by atoms with van der Waals surface area (Å²) in [5, 5.41) is 0. The van der Waals surface area contributed by atoms with Gasteiger partial charge in [-0.25, -0.2) is 8.78 Å². The lowest BCUT2D eigenvalue weighted by atomic mass is 10.2. The van der Waals surface area contributed by atoms with Crippen molar-refractivity contribution < 1.29 is 18.3 Å². The first kappa shape index (κ1) is 13.8. The maximum absolute atomic E-state index is 13.8. The molecule has 2 rings (SSSR count). The van der Waals surface area contributed by atoms with E-state index in [0.29, 0.717) is 15.8 Å². The van der Waals surface area contributed by atoms with Gasteiger partial charge in [-0.2, -0.15) is 0 Å². The number of benzene rings is 2. The van der Waals surface area contributed by atoms with E-state index in [9.17, 15) is 8.78 Å². The fourth-order valence-electron chi connectivity index (χ4n) is 1.55. The molecule has 0 atom stereocenters. The number of ether oxygens (including phenoxy) is 2. The molecule has 19 heavy (non-hydrogen) atoms. The molecule has 2 aromatic carbocycles. The molecule has 0 aliphatic carbocycles. The molecule has 0 bridgehead atoms. The van der Waals surface area contributed by atoms with Crippen molar-refractivity contribution in [2.45, 2.75) is 6.61 Å². The summed E-state index contributed by atoms with van der Waals surface area (Å²) < 4.78 is 37.5. The predicted octanol–water partition coefficient (Wildman–Crippen LogP) is 4.31. The van der Waals surface area contributed by atoms with Crippen LogP contribution in [0.4, 0.5) is 8.78 Å². The van der Waals surface area contributed by atoms with Crippen LogP contribution >= 0.6 is 15.9 Å². The van der Waals surface area contributed by atoms with Crippen LogP contribution in [0.3, 0.4) is 0 Å². The SMILES string of the molecule is COc1cccc(COc2ccc(F)c(Br)c2)c1F. The molecule has 0 fully saturated rings. The molecule has 0 radical (unpaired) electrons. The molecule has 0 amide bonds. The number of rotatable bonds is 4. The van der Waals surface area contributed by atoms with Gasteiger partial charge in [-0.1, -0.05) is 12.1 Å². The minimum absolute atomic E-state index is 0.0428. The van der Waals surface area contributed by atoms with Gasteiger partial charge in [0.1, 0.15) is 18.2 Å². The molecular weight excluding hydrogens is 318 g/mol. The van der Waals surface area contributed by atoms with Crippen LogP contribution < -0.4 is 9.47 Å². The van der Waals surface area contributed by atoms with Gasteiger partial charge in [0.25, 0.3) is 0 Å². The highest BCUT2D eigenvalue weighted by Crippen LogP contribution is 2.24. The number of hydrogen-bond acceptors (Lipinski definition) is 2. The van der Waals surface area contributed by atoms with Crippen LogP contribution in [0, 0.1) is 11.6 Å². The Balaban J connectivity index is 2.12. The summed E-state index contributed by atoms with van der Waals surface area (Å²) in [6, 6.07) is 9.08. The van der Waals surface area contributed by atoms with Gasteiger partial charge in [0.15, 0.2) is 11.6 Å². The summed E-state index contributed by atoms with van der Waals surface area (Å²) in [4.78, 5) is 0. The van der Waals surface area contributed by atoms with Crippen LogP contribution in [0.2, 0.25) is 0 Å². The standard InChI is InChI=1S/C14H11BrF2O2/c1-18-13-4-2-3-9(14(13)17)8-19-10-5-6-12(16)11(15)7-10/h2-7H,8H2,1H3. The summed E-state index contributed by atoms with van der Waals surface area (Å²) in [5.41, 5.74) is 0.375. The minimum Gasteiger partial charge on any atom is -0.494 e. The van der Waals surface area contributed by atoms with Gasteiger partial charge in [0, 0.05) is 5.56 Å². The molecule has 0 saturated heterocycles. The number of methoxy groups -OCH3 is 1. The van der Waals surface area contributed by atoms with Crippen LogP contribution in [0.15, 0.2) is 40.9 Å².